The van der Waals surface area contributed by atoms with Gasteiger partial charge in [-0.1, -0.05) is 28.4 Å². The predicted octanol–water partition coefficient (Wildman–Crippen LogP) is 3.18. The second-order valence-corrected chi connectivity index (χ2v) is 5.70. The molecule has 0 spiro atoms. The monoisotopic (exact) mass is 310 g/mol. The highest BCUT2D eigenvalue weighted by Crippen LogP contribution is 2.20. The van der Waals surface area contributed by atoms with Crippen molar-refractivity contribution < 1.29 is 4.79 Å². The van der Waals surface area contributed by atoms with Crippen LogP contribution in [0.25, 0.3) is 0 Å². The zero-order valence-electron chi connectivity index (χ0n) is 10.7. The number of carbonyl (C=O) groups is 1. The van der Waals surface area contributed by atoms with Gasteiger partial charge in [-0.05, 0) is 50.6 Å². The number of amides is 1. The molecular formula is C14H19BrN2O. The Morgan fingerprint density at radius 3 is 2.72 bits per heavy atom. The summed E-state index contributed by atoms with van der Waals surface area (Å²) in [4.78, 5) is 14.1. The third-order valence-corrected chi connectivity index (χ3v) is 4.13. The summed E-state index contributed by atoms with van der Waals surface area (Å²) in [7, 11) is 0. The number of halogens is 1. The van der Waals surface area contributed by atoms with Gasteiger partial charge in [-0.15, -0.1) is 0 Å². The number of anilines is 1. The predicted molar refractivity (Wildman–Crippen MR) is 77.8 cm³/mol. The fourth-order valence-electron chi connectivity index (χ4n) is 2.19. The van der Waals surface area contributed by atoms with E-state index >= 15 is 0 Å². The van der Waals surface area contributed by atoms with E-state index in [9.17, 15) is 4.79 Å². The first-order valence-corrected chi connectivity index (χ1v) is 7.23. The molecule has 1 fully saturated rings. The fraction of sp³-hybridized carbons (Fsp3) is 0.500. The highest BCUT2D eigenvalue weighted by Gasteiger charge is 2.13. The summed E-state index contributed by atoms with van der Waals surface area (Å²) < 4.78 is 1.03. The lowest BCUT2D eigenvalue weighted by atomic mass is 10.1. The molecule has 98 valence electrons. The first-order chi connectivity index (χ1) is 8.65. The third-order valence-electron chi connectivity index (χ3n) is 3.27. The first-order valence-electron chi connectivity index (χ1n) is 6.43. The highest BCUT2D eigenvalue weighted by molar-refractivity contribution is 9.10. The molecule has 1 saturated heterocycles. The third kappa shape index (κ3) is 3.82. The number of hydrogen-bond acceptors (Lipinski definition) is 2. The summed E-state index contributed by atoms with van der Waals surface area (Å²) in [6.07, 6.45) is 3.72. The van der Waals surface area contributed by atoms with E-state index in [1.165, 1.54) is 24.8 Å². The first kappa shape index (κ1) is 13.6. The Hall–Kier alpha value is -0.870. The maximum atomic E-state index is 11.9. The fourth-order valence-corrected chi connectivity index (χ4v) is 2.57. The summed E-state index contributed by atoms with van der Waals surface area (Å²) in [5, 5.41) is 2.95. The molecule has 0 saturated carbocycles. The molecule has 1 aromatic carbocycles. The molecule has 4 heteroatoms. The molecule has 3 nitrogen and oxygen atoms in total. The van der Waals surface area contributed by atoms with Crippen LogP contribution in [0.3, 0.4) is 0 Å². The Kier molecular flexibility index (Phi) is 4.78. The van der Waals surface area contributed by atoms with Gasteiger partial charge in [0.2, 0.25) is 5.91 Å². The molecule has 0 aliphatic carbocycles. The lowest BCUT2D eigenvalue weighted by Crippen LogP contribution is -2.36. The van der Waals surface area contributed by atoms with E-state index in [0.29, 0.717) is 6.54 Å². The molecule has 1 aliphatic rings. The van der Waals surface area contributed by atoms with E-state index in [0.717, 1.165) is 23.2 Å². The van der Waals surface area contributed by atoms with Crippen molar-refractivity contribution in [2.45, 2.75) is 26.2 Å². The lowest BCUT2D eigenvalue weighted by molar-refractivity contribution is -0.117. The molecule has 0 radical (unpaired) electrons. The van der Waals surface area contributed by atoms with Crippen LogP contribution in [-0.2, 0) is 4.79 Å². The van der Waals surface area contributed by atoms with Gasteiger partial charge in [0.25, 0.3) is 0 Å². The Balaban J connectivity index is 1.88. The number of rotatable bonds is 3. The zero-order chi connectivity index (χ0) is 13.0. The van der Waals surface area contributed by atoms with Gasteiger partial charge in [0.15, 0.2) is 0 Å². The van der Waals surface area contributed by atoms with Crippen LogP contribution in [-0.4, -0.2) is 30.4 Å². The largest absolute Gasteiger partial charge is 0.325 e. The Morgan fingerprint density at radius 1 is 1.33 bits per heavy atom. The van der Waals surface area contributed by atoms with E-state index in [-0.39, 0.29) is 5.91 Å². The van der Waals surface area contributed by atoms with E-state index < -0.39 is 0 Å². The van der Waals surface area contributed by atoms with Gasteiger partial charge in [-0.25, -0.2) is 0 Å². The topological polar surface area (TPSA) is 32.3 Å². The molecule has 1 N–H and O–H groups in total. The van der Waals surface area contributed by atoms with Crippen LogP contribution in [0.2, 0.25) is 0 Å². The molecule has 0 atom stereocenters. The van der Waals surface area contributed by atoms with Crippen LogP contribution in [0.4, 0.5) is 5.69 Å². The maximum absolute atomic E-state index is 11.9. The van der Waals surface area contributed by atoms with Gasteiger partial charge in [0.1, 0.15) is 0 Å². The van der Waals surface area contributed by atoms with Crippen LogP contribution < -0.4 is 5.32 Å². The molecule has 1 aromatic rings. The lowest BCUT2D eigenvalue weighted by Gasteiger charge is -2.25. The van der Waals surface area contributed by atoms with Gasteiger partial charge < -0.3 is 5.32 Å². The summed E-state index contributed by atoms with van der Waals surface area (Å²) in [5.41, 5.74) is 2.03. The molecule has 2 rings (SSSR count). The zero-order valence-corrected chi connectivity index (χ0v) is 12.3. The van der Waals surface area contributed by atoms with Gasteiger partial charge in [-0.2, -0.15) is 0 Å². The minimum atomic E-state index is 0.0765. The van der Waals surface area contributed by atoms with Crippen LogP contribution in [0.5, 0.6) is 0 Å². The van der Waals surface area contributed by atoms with Gasteiger partial charge in [0.05, 0.1) is 6.54 Å². The molecule has 1 amide bonds. The van der Waals surface area contributed by atoms with Crippen molar-refractivity contribution in [2.75, 3.05) is 25.0 Å². The second-order valence-electron chi connectivity index (χ2n) is 4.85. The number of piperidine rings is 1. The number of benzene rings is 1. The van der Waals surface area contributed by atoms with Gasteiger partial charge >= 0.3 is 0 Å². The molecular weight excluding hydrogens is 292 g/mol. The minimum Gasteiger partial charge on any atom is -0.325 e. The standard InChI is InChI=1S/C14H19BrN2O/c1-11-5-6-12(9-13(11)15)16-14(18)10-17-7-3-2-4-8-17/h5-6,9H,2-4,7-8,10H2,1H3,(H,16,18). The van der Waals surface area contributed by atoms with Crippen LogP contribution >= 0.6 is 15.9 Å². The number of aryl methyl sites for hydroxylation is 1. The number of carbonyl (C=O) groups excluding carboxylic acids is 1. The van der Waals surface area contributed by atoms with E-state index in [4.69, 9.17) is 0 Å². The van der Waals surface area contributed by atoms with Crippen molar-refractivity contribution in [2.24, 2.45) is 0 Å². The van der Waals surface area contributed by atoms with Crippen molar-refractivity contribution in [3.8, 4) is 0 Å². The smallest absolute Gasteiger partial charge is 0.238 e. The SMILES string of the molecule is Cc1ccc(NC(=O)CN2CCCCC2)cc1Br. The summed E-state index contributed by atoms with van der Waals surface area (Å²) in [6.45, 7) is 4.63. The van der Waals surface area contributed by atoms with Gasteiger partial charge in [-0.3, -0.25) is 9.69 Å². The number of likely N-dealkylation sites (tertiary alicyclic amines) is 1. The number of nitrogens with zero attached hydrogens (tertiary/aromatic N) is 1. The molecule has 0 aromatic heterocycles. The second kappa shape index (κ2) is 6.34. The number of hydrogen-bond donors (Lipinski definition) is 1. The van der Waals surface area contributed by atoms with Crippen LogP contribution in [0.1, 0.15) is 24.8 Å². The molecule has 1 aliphatic heterocycles. The average molecular weight is 311 g/mol. The summed E-state index contributed by atoms with van der Waals surface area (Å²) >= 11 is 3.47. The Labute approximate surface area is 117 Å². The van der Waals surface area contributed by atoms with Crippen LogP contribution in [0, 0.1) is 6.92 Å². The van der Waals surface area contributed by atoms with Crippen molar-refractivity contribution in [1.29, 1.82) is 0 Å². The molecule has 1 heterocycles. The van der Waals surface area contributed by atoms with Crippen LogP contribution in [0.15, 0.2) is 22.7 Å². The van der Waals surface area contributed by atoms with E-state index in [1.807, 2.05) is 25.1 Å². The van der Waals surface area contributed by atoms with Crippen molar-refractivity contribution in [3.63, 3.8) is 0 Å². The number of nitrogens with one attached hydrogen (secondary N) is 1. The van der Waals surface area contributed by atoms with Gasteiger partial charge in [0, 0.05) is 10.2 Å². The van der Waals surface area contributed by atoms with Crippen molar-refractivity contribution >= 4 is 27.5 Å². The molecule has 0 unspecified atom stereocenters. The molecule has 0 bridgehead atoms. The summed E-state index contributed by atoms with van der Waals surface area (Å²) in [5.74, 6) is 0.0765. The van der Waals surface area contributed by atoms with Crippen molar-refractivity contribution in [3.05, 3.63) is 28.2 Å². The Morgan fingerprint density at radius 2 is 2.06 bits per heavy atom. The highest BCUT2D eigenvalue weighted by atomic mass is 79.9. The Bertz CT molecular complexity index is 428. The average Bonchev–Trinajstić information content (AvgIpc) is 2.35. The quantitative estimate of drug-likeness (QED) is 0.930. The van der Waals surface area contributed by atoms with E-state index in [1.54, 1.807) is 0 Å². The van der Waals surface area contributed by atoms with E-state index in [2.05, 4.69) is 26.1 Å². The minimum absolute atomic E-state index is 0.0765. The van der Waals surface area contributed by atoms with Crippen molar-refractivity contribution in [1.82, 2.24) is 4.90 Å². The summed E-state index contributed by atoms with van der Waals surface area (Å²) in [6, 6.07) is 5.89. The molecule has 18 heavy (non-hydrogen) atoms. The maximum Gasteiger partial charge on any atom is 0.238 e. The normalized spacial score (nSPS) is 16.6.